The number of nitrogen functional groups attached to an aromatic ring is 1. The smallest absolute Gasteiger partial charge is 0.150 e. The fourth-order valence-corrected chi connectivity index (χ4v) is 4.38. The van der Waals surface area contributed by atoms with Crippen LogP contribution in [0.2, 0.25) is 5.02 Å². The molecule has 2 aromatic heterocycles. The van der Waals surface area contributed by atoms with Crippen molar-refractivity contribution in [1.82, 2.24) is 14.4 Å². The van der Waals surface area contributed by atoms with Gasteiger partial charge in [0.05, 0.1) is 10.6 Å². The van der Waals surface area contributed by atoms with Crippen LogP contribution in [0.4, 0.5) is 5.82 Å². The number of rotatable bonds is 4. The van der Waals surface area contributed by atoms with Crippen molar-refractivity contribution in [2.24, 2.45) is 0 Å². The van der Waals surface area contributed by atoms with E-state index in [2.05, 4.69) is 4.98 Å². The molecule has 152 valence electrons. The number of hydrogen-bond acceptors (Lipinski definition) is 5. The fourth-order valence-electron chi connectivity index (χ4n) is 4.12. The van der Waals surface area contributed by atoms with Crippen molar-refractivity contribution in [2.45, 2.75) is 31.3 Å². The van der Waals surface area contributed by atoms with E-state index in [1.807, 2.05) is 60.0 Å². The van der Waals surface area contributed by atoms with Gasteiger partial charge in [-0.2, -0.15) is 0 Å². The Morgan fingerprint density at radius 2 is 1.93 bits per heavy atom. The number of aromatic nitrogens is 3. The van der Waals surface area contributed by atoms with Gasteiger partial charge in [0.1, 0.15) is 34.4 Å². The van der Waals surface area contributed by atoms with E-state index in [0.717, 1.165) is 22.7 Å². The van der Waals surface area contributed by atoms with E-state index in [1.165, 1.54) is 0 Å². The van der Waals surface area contributed by atoms with Gasteiger partial charge in [-0.05, 0) is 44.0 Å². The second-order valence-corrected chi connectivity index (χ2v) is 8.42. The lowest BCUT2D eigenvalue weighted by Crippen LogP contribution is -2.40. The molecule has 1 aliphatic carbocycles. The molecule has 1 saturated carbocycles. The minimum absolute atomic E-state index is 0.155. The van der Waals surface area contributed by atoms with Gasteiger partial charge < -0.3 is 15.6 Å². The zero-order valence-corrected chi connectivity index (χ0v) is 17.2. The number of nitrogens with two attached hydrogens (primary N) is 1. The number of imidazole rings is 1. The molecule has 0 bridgehead atoms. The average Bonchev–Trinajstić information content (AvgIpc) is 3.07. The molecule has 0 amide bonds. The van der Waals surface area contributed by atoms with Gasteiger partial charge in [-0.3, -0.25) is 4.40 Å². The highest BCUT2D eigenvalue weighted by Crippen LogP contribution is 2.46. The molecule has 30 heavy (non-hydrogen) atoms. The van der Waals surface area contributed by atoms with Crippen molar-refractivity contribution < 1.29 is 9.84 Å². The number of para-hydroxylation sites is 1. The average molecular weight is 421 g/mol. The summed E-state index contributed by atoms with van der Waals surface area (Å²) in [5.74, 6) is 2.78. The number of fused-ring (bicyclic) bond motifs is 1. The Balaban J connectivity index is 1.56. The maximum Gasteiger partial charge on any atom is 0.150 e. The topological polar surface area (TPSA) is 85.7 Å². The van der Waals surface area contributed by atoms with E-state index in [-0.39, 0.29) is 5.92 Å². The molecule has 1 aliphatic rings. The van der Waals surface area contributed by atoms with Gasteiger partial charge >= 0.3 is 0 Å². The molecule has 4 aromatic rings. The molecule has 7 heteroatoms. The van der Waals surface area contributed by atoms with Gasteiger partial charge in [-0.15, -0.1) is 0 Å². The first-order chi connectivity index (χ1) is 14.4. The van der Waals surface area contributed by atoms with E-state index in [4.69, 9.17) is 27.1 Å². The lowest BCUT2D eigenvalue weighted by atomic mass is 9.72. The third-order valence-corrected chi connectivity index (χ3v) is 5.84. The van der Waals surface area contributed by atoms with E-state index in [9.17, 15) is 5.11 Å². The van der Waals surface area contributed by atoms with Crippen LogP contribution in [0.1, 0.15) is 31.5 Å². The number of hydrogen-bond donors (Lipinski definition) is 2. The standard InChI is InChI=1S/C23H21ClN4O2/c1-23(29)12-14(13-23)22-27-19(20-21(25)26-9-10-28(20)22)17-8-7-16(11-18(17)24)30-15-5-3-2-4-6-15/h2-11,14,29H,12-13H2,1H3,(H2,25,26)/t14-,23+. The highest BCUT2D eigenvalue weighted by molar-refractivity contribution is 6.33. The summed E-state index contributed by atoms with van der Waals surface area (Å²) in [6, 6.07) is 15.1. The van der Waals surface area contributed by atoms with Crippen LogP contribution < -0.4 is 10.5 Å². The Morgan fingerprint density at radius 1 is 1.17 bits per heavy atom. The van der Waals surface area contributed by atoms with Gasteiger partial charge in [0.25, 0.3) is 0 Å². The van der Waals surface area contributed by atoms with Crippen molar-refractivity contribution >= 4 is 22.9 Å². The Bertz CT molecular complexity index is 1230. The summed E-state index contributed by atoms with van der Waals surface area (Å²) in [5, 5.41) is 10.7. The number of halogens is 1. The maximum absolute atomic E-state index is 10.2. The number of ether oxygens (including phenoxy) is 1. The first kappa shape index (κ1) is 18.9. The van der Waals surface area contributed by atoms with Crippen LogP contribution in [0.5, 0.6) is 11.5 Å². The largest absolute Gasteiger partial charge is 0.457 e. The summed E-state index contributed by atoms with van der Waals surface area (Å²) in [4.78, 5) is 9.13. The molecule has 0 radical (unpaired) electrons. The van der Waals surface area contributed by atoms with Crippen LogP contribution in [-0.2, 0) is 0 Å². The molecule has 3 N–H and O–H groups in total. The van der Waals surface area contributed by atoms with Crippen LogP contribution in [0.25, 0.3) is 16.8 Å². The van der Waals surface area contributed by atoms with Gasteiger partial charge in [0, 0.05) is 29.9 Å². The number of nitrogens with zero attached hydrogens (tertiary/aromatic N) is 3. The predicted molar refractivity (Wildman–Crippen MR) is 117 cm³/mol. The minimum atomic E-state index is -0.649. The molecule has 0 atom stereocenters. The number of aliphatic hydroxyl groups is 1. The van der Waals surface area contributed by atoms with Gasteiger partial charge in [-0.1, -0.05) is 29.8 Å². The Labute approximate surface area is 178 Å². The summed E-state index contributed by atoms with van der Waals surface area (Å²) in [6.07, 6.45) is 4.83. The molecule has 0 saturated heterocycles. The molecule has 1 fully saturated rings. The quantitative estimate of drug-likeness (QED) is 0.482. The van der Waals surface area contributed by atoms with E-state index >= 15 is 0 Å². The summed E-state index contributed by atoms with van der Waals surface area (Å²) < 4.78 is 7.84. The van der Waals surface area contributed by atoms with Crippen molar-refractivity contribution in [3.63, 3.8) is 0 Å². The molecule has 5 rings (SSSR count). The van der Waals surface area contributed by atoms with Crippen LogP contribution in [0, 0.1) is 0 Å². The van der Waals surface area contributed by atoms with E-state index in [1.54, 1.807) is 12.3 Å². The first-order valence-electron chi connectivity index (χ1n) is 9.79. The minimum Gasteiger partial charge on any atom is -0.457 e. The zero-order chi connectivity index (χ0) is 20.9. The summed E-state index contributed by atoms with van der Waals surface area (Å²) in [7, 11) is 0. The predicted octanol–water partition coefficient (Wildman–Crippen LogP) is 5.05. The Kier molecular flexibility index (Phi) is 4.41. The van der Waals surface area contributed by atoms with Crippen LogP contribution in [-0.4, -0.2) is 25.1 Å². The highest BCUT2D eigenvalue weighted by Gasteiger charge is 2.41. The molecule has 0 spiro atoms. The molecule has 0 unspecified atom stereocenters. The summed E-state index contributed by atoms with van der Waals surface area (Å²) >= 11 is 6.63. The lowest BCUT2D eigenvalue weighted by Gasteiger charge is -2.40. The van der Waals surface area contributed by atoms with E-state index < -0.39 is 5.60 Å². The number of anilines is 1. The Morgan fingerprint density at radius 3 is 2.63 bits per heavy atom. The van der Waals surface area contributed by atoms with Crippen LogP contribution in [0.15, 0.2) is 60.9 Å². The van der Waals surface area contributed by atoms with Gasteiger partial charge in [-0.25, -0.2) is 9.97 Å². The summed E-state index contributed by atoms with van der Waals surface area (Å²) in [6.45, 7) is 1.85. The molecule has 6 nitrogen and oxygen atoms in total. The third kappa shape index (κ3) is 3.28. The molecule has 2 aromatic carbocycles. The van der Waals surface area contributed by atoms with Crippen molar-refractivity contribution in [3.05, 3.63) is 71.8 Å². The first-order valence-corrected chi connectivity index (χ1v) is 10.2. The van der Waals surface area contributed by atoms with Crippen molar-refractivity contribution in [2.75, 3.05) is 5.73 Å². The molecule has 0 aliphatic heterocycles. The fraction of sp³-hybridized carbons (Fsp3) is 0.217. The lowest BCUT2D eigenvalue weighted by molar-refractivity contribution is -0.0335. The normalized spacial score (nSPS) is 20.8. The van der Waals surface area contributed by atoms with Gasteiger partial charge in [0.2, 0.25) is 0 Å². The summed E-state index contributed by atoms with van der Waals surface area (Å²) in [5.41, 5.74) is 7.72. The zero-order valence-electron chi connectivity index (χ0n) is 16.4. The SMILES string of the molecule is C[C@]1(O)C[C@@H](c2nc(-c3ccc(Oc4ccccc4)cc3Cl)c3c(N)nccn32)C1. The Hall–Kier alpha value is -3.09. The second kappa shape index (κ2) is 7.00. The maximum atomic E-state index is 10.2. The number of benzene rings is 2. The van der Waals surface area contributed by atoms with Crippen LogP contribution >= 0.6 is 11.6 Å². The highest BCUT2D eigenvalue weighted by atomic mass is 35.5. The van der Waals surface area contributed by atoms with Crippen molar-refractivity contribution in [3.8, 4) is 22.8 Å². The molecule has 2 heterocycles. The molecular formula is C23H21ClN4O2. The van der Waals surface area contributed by atoms with E-state index in [0.29, 0.717) is 35.1 Å². The monoisotopic (exact) mass is 420 g/mol. The molecular weight excluding hydrogens is 400 g/mol. The third-order valence-electron chi connectivity index (χ3n) is 5.52. The van der Waals surface area contributed by atoms with Gasteiger partial charge in [0.15, 0.2) is 0 Å². The second-order valence-electron chi connectivity index (χ2n) is 8.01. The van der Waals surface area contributed by atoms with Crippen molar-refractivity contribution in [1.29, 1.82) is 0 Å². The van der Waals surface area contributed by atoms with Crippen LogP contribution in [0.3, 0.4) is 0 Å².